The van der Waals surface area contributed by atoms with Crippen LogP contribution in [0.25, 0.3) is 169 Å². The van der Waals surface area contributed by atoms with Crippen LogP contribution in [0.1, 0.15) is 69.5 Å². The Morgan fingerprint density at radius 3 is 0.723 bits per heavy atom. The Bertz CT molecular complexity index is 7210. The molecule has 0 aliphatic heterocycles. The molecular formula is C110H71N9. The Morgan fingerprint density at radius 1 is 0.143 bits per heavy atom. The first-order valence-corrected chi connectivity index (χ1v) is 40.6. The van der Waals surface area contributed by atoms with Crippen molar-refractivity contribution >= 4 is 0 Å². The van der Waals surface area contributed by atoms with Crippen LogP contribution in [0.4, 0.5) is 0 Å². The number of fused-ring (bicyclic) bond motifs is 16. The molecule has 119 heavy (non-hydrogen) atoms. The van der Waals surface area contributed by atoms with Crippen LogP contribution in [0.3, 0.4) is 0 Å². The van der Waals surface area contributed by atoms with Crippen molar-refractivity contribution in [3.05, 3.63) is 450 Å². The van der Waals surface area contributed by atoms with Gasteiger partial charge in [-0.15, -0.1) is 0 Å². The van der Waals surface area contributed by atoms with Crippen molar-refractivity contribution in [2.45, 2.75) is 30.1 Å². The van der Waals surface area contributed by atoms with Crippen LogP contribution in [-0.4, -0.2) is 44.9 Å². The maximum atomic E-state index is 5.52. The summed E-state index contributed by atoms with van der Waals surface area (Å²) in [4.78, 5) is 48.1. The predicted molar refractivity (Wildman–Crippen MR) is 478 cm³/mol. The summed E-state index contributed by atoms with van der Waals surface area (Å²) in [5.41, 5.74) is 32.8. The zero-order valence-electron chi connectivity index (χ0n) is 65.1. The van der Waals surface area contributed by atoms with Crippen LogP contribution in [0.15, 0.2) is 394 Å². The van der Waals surface area contributed by atoms with Crippen molar-refractivity contribution in [1.82, 2.24) is 44.9 Å². The van der Waals surface area contributed by atoms with Crippen LogP contribution in [0, 0.1) is 0 Å². The fraction of sp³-hybridized carbons (Fsp3) is 0.0455. The van der Waals surface area contributed by atoms with E-state index in [1.165, 1.54) is 94.6 Å². The van der Waals surface area contributed by atoms with Gasteiger partial charge in [-0.3, -0.25) is 0 Å². The van der Waals surface area contributed by atoms with Gasteiger partial charge in [-0.2, -0.15) is 0 Å². The summed E-state index contributed by atoms with van der Waals surface area (Å²) in [7, 11) is 0. The molecule has 3 aromatic heterocycles. The zero-order valence-corrected chi connectivity index (χ0v) is 65.1. The van der Waals surface area contributed by atoms with Crippen molar-refractivity contribution < 1.29 is 0 Å². The average molecular weight is 1520 g/mol. The summed E-state index contributed by atoms with van der Waals surface area (Å²) in [6.45, 7) is 4.60. The fourth-order valence-corrected chi connectivity index (χ4v) is 19.4. The topological polar surface area (TPSA) is 116 Å². The average Bonchev–Trinajstić information content (AvgIpc) is 1.51. The highest BCUT2D eigenvalue weighted by molar-refractivity contribution is 5.97. The van der Waals surface area contributed by atoms with Crippen LogP contribution < -0.4 is 0 Å². The number of rotatable bonds is 13. The highest BCUT2D eigenvalue weighted by Crippen LogP contribution is 2.64. The van der Waals surface area contributed by atoms with Crippen LogP contribution in [-0.2, 0) is 16.2 Å². The molecule has 0 fully saturated rings. The monoisotopic (exact) mass is 1520 g/mol. The van der Waals surface area contributed by atoms with Gasteiger partial charge in [0.2, 0.25) is 0 Å². The molecule has 9 nitrogen and oxygen atoms in total. The third-order valence-corrected chi connectivity index (χ3v) is 25.0. The Balaban J connectivity index is 0.617. The summed E-state index contributed by atoms with van der Waals surface area (Å²) >= 11 is 0. The Morgan fingerprint density at radius 2 is 0.361 bits per heavy atom. The molecule has 556 valence electrons. The molecule has 4 aliphatic rings. The van der Waals surface area contributed by atoms with E-state index in [0.29, 0.717) is 52.4 Å². The zero-order chi connectivity index (χ0) is 78.9. The van der Waals surface area contributed by atoms with Gasteiger partial charge in [0, 0.05) is 55.5 Å². The number of nitrogens with zero attached hydrogens (tertiary/aromatic N) is 9. The first-order chi connectivity index (χ1) is 58.7. The summed E-state index contributed by atoms with van der Waals surface area (Å²) in [5, 5.41) is 0. The minimum Gasteiger partial charge on any atom is -0.208 e. The molecule has 4 aliphatic carbocycles. The molecule has 0 N–H and O–H groups in total. The van der Waals surface area contributed by atoms with Gasteiger partial charge in [0.25, 0.3) is 0 Å². The van der Waals surface area contributed by atoms with E-state index < -0.39 is 10.8 Å². The van der Waals surface area contributed by atoms with Crippen LogP contribution in [0.5, 0.6) is 0 Å². The summed E-state index contributed by atoms with van der Waals surface area (Å²) in [6, 6.07) is 141. The highest BCUT2D eigenvalue weighted by Gasteiger charge is 2.52. The smallest absolute Gasteiger partial charge is 0.164 e. The van der Waals surface area contributed by atoms with Crippen molar-refractivity contribution in [1.29, 1.82) is 0 Å². The summed E-state index contributed by atoms with van der Waals surface area (Å²) in [6.07, 6.45) is 0. The molecule has 0 radical (unpaired) electrons. The van der Waals surface area contributed by atoms with E-state index in [4.69, 9.17) is 44.9 Å². The van der Waals surface area contributed by atoms with Crippen molar-refractivity contribution in [2.75, 3.05) is 0 Å². The molecule has 23 rings (SSSR count). The van der Waals surface area contributed by atoms with E-state index in [0.717, 1.165) is 77.9 Å². The van der Waals surface area contributed by atoms with E-state index in [9.17, 15) is 0 Å². The number of hydrogen-bond donors (Lipinski definition) is 0. The fourth-order valence-electron chi connectivity index (χ4n) is 19.4. The highest BCUT2D eigenvalue weighted by atomic mass is 15.1. The number of benzene rings is 16. The van der Waals surface area contributed by atoms with Gasteiger partial charge >= 0.3 is 0 Å². The Kier molecular flexibility index (Phi) is 15.9. The molecule has 19 aromatic rings. The van der Waals surface area contributed by atoms with Gasteiger partial charge in [0.1, 0.15) is 0 Å². The van der Waals surface area contributed by atoms with E-state index in [1.54, 1.807) is 0 Å². The van der Waals surface area contributed by atoms with E-state index in [1.807, 2.05) is 36.4 Å². The second kappa shape index (κ2) is 27.4. The SMILES string of the molecule is CC1(C)c2ccccc2-c2ccc(-c3nc(-c4ccccc4)nc(-c4cccc(-c5ccc(-c6nc(-c7cccc(-c8ccc(-c9nc(-c%10ccccc%10)nc(-c%10ccc%11c(c%10)C%10(c%12ccccc%12-c%12ccccc%12%10)c%10ccccc%10-%11)n9)cc8)c7)nc(-c7ccc8c(c7)C(c7ccccc7)(c7ccccc7)c7ccccc7-8)n6)cc5)c4)n3)cc21. The molecule has 16 aromatic carbocycles. The largest absolute Gasteiger partial charge is 0.208 e. The lowest BCUT2D eigenvalue weighted by molar-refractivity contribution is 0.660. The minimum atomic E-state index is -0.643. The van der Waals surface area contributed by atoms with Gasteiger partial charge < -0.3 is 0 Å². The molecule has 3 heterocycles. The standard InChI is InChI=1S/C110H71N9/c1-108(2)91-44-20-15-39-83(91)88-60-57-78(65-96(88)108)105-114-100(71-29-9-4-10-30-71)112-103(118-105)76-33-25-31-74(63-76)69-51-55-73(56-52-69)102-115-104(119-107(117-102)79-58-61-89-86-42-16-21-45-92(86)109(97(89)66-79,81-35-11-5-12-36-81)82-37-13-6-14-38-82)77-34-26-32-75(64-77)68-49-53-72(54-50-68)101-111-99(70-27-7-3-8-28-70)113-106(116-101)80-59-62-90-87-43-19-24-48-95(87)110(98(90)67-80)93-46-22-17-40-84(93)85-41-18-23-47-94(85)110/h3-67H,1-2H3. The van der Waals surface area contributed by atoms with E-state index in [-0.39, 0.29) is 5.41 Å². The number of hydrogen-bond acceptors (Lipinski definition) is 9. The third-order valence-electron chi connectivity index (χ3n) is 25.0. The first-order valence-electron chi connectivity index (χ1n) is 40.6. The van der Waals surface area contributed by atoms with Crippen molar-refractivity contribution in [2.24, 2.45) is 0 Å². The molecule has 0 atom stereocenters. The second-order valence-corrected chi connectivity index (χ2v) is 31.8. The van der Waals surface area contributed by atoms with Gasteiger partial charge in [-0.25, -0.2) is 44.9 Å². The molecule has 9 heteroatoms. The maximum absolute atomic E-state index is 5.52. The quantitative estimate of drug-likeness (QED) is 0.111. The van der Waals surface area contributed by atoms with Crippen LogP contribution >= 0.6 is 0 Å². The lowest BCUT2D eigenvalue weighted by atomic mass is 9.67. The minimum absolute atomic E-state index is 0.193. The maximum Gasteiger partial charge on any atom is 0.164 e. The van der Waals surface area contributed by atoms with Gasteiger partial charge in [0.05, 0.1) is 10.8 Å². The summed E-state index contributed by atoms with van der Waals surface area (Å²) < 4.78 is 0. The predicted octanol–water partition coefficient (Wildman–Crippen LogP) is 25.6. The van der Waals surface area contributed by atoms with Crippen molar-refractivity contribution in [3.63, 3.8) is 0 Å². The normalized spacial score (nSPS) is 13.5. The van der Waals surface area contributed by atoms with Crippen molar-refractivity contribution in [3.8, 4) is 169 Å². The lowest BCUT2D eigenvalue weighted by Crippen LogP contribution is -2.28. The molecule has 0 saturated heterocycles. The molecule has 0 amide bonds. The molecule has 0 unspecified atom stereocenters. The molecule has 1 spiro atoms. The van der Waals surface area contributed by atoms with Gasteiger partial charge in [-0.05, 0) is 153 Å². The lowest BCUT2D eigenvalue weighted by Gasteiger charge is -2.34. The number of aromatic nitrogens is 9. The molecule has 0 bridgehead atoms. The van der Waals surface area contributed by atoms with Gasteiger partial charge in [0.15, 0.2) is 52.4 Å². The summed E-state index contributed by atoms with van der Waals surface area (Å²) in [5.74, 6) is 5.21. The third kappa shape index (κ3) is 11.0. The second-order valence-electron chi connectivity index (χ2n) is 31.8. The van der Waals surface area contributed by atoms with E-state index >= 15 is 0 Å². The van der Waals surface area contributed by atoms with E-state index in [2.05, 4.69) is 372 Å². The molecular weight excluding hydrogens is 1450 g/mol. The van der Waals surface area contributed by atoms with Crippen LogP contribution in [0.2, 0.25) is 0 Å². The Labute approximate surface area is 689 Å². The molecule has 0 saturated carbocycles. The van der Waals surface area contributed by atoms with Gasteiger partial charge in [-0.1, -0.05) is 378 Å². The Hall–Kier alpha value is -15.5. The first kappa shape index (κ1) is 69.1.